The second kappa shape index (κ2) is 11.4. The van der Waals surface area contributed by atoms with Crippen LogP contribution in [0.5, 0.6) is 5.75 Å². The molecule has 0 fully saturated rings. The van der Waals surface area contributed by atoms with Gasteiger partial charge in [-0.05, 0) is 24.1 Å². The lowest BCUT2D eigenvalue weighted by molar-refractivity contribution is -0.153. The van der Waals surface area contributed by atoms with Crippen molar-refractivity contribution >= 4 is 29.9 Å². The van der Waals surface area contributed by atoms with Crippen LogP contribution in [-0.2, 0) is 6.54 Å². The summed E-state index contributed by atoms with van der Waals surface area (Å²) in [4.78, 5) is 4.09. The number of hydrogen-bond acceptors (Lipinski definition) is 2. The van der Waals surface area contributed by atoms with Gasteiger partial charge in [0, 0.05) is 20.1 Å². The molecule has 0 aliphatic rings. The maximum atomic E-state index is 12.0. The van der Waals surface area contributed by atoms with Crippen molar-refractivity contribution in [2.45, 2.75) is 32.5 Å². The number of nitrogens with zero attached hydrogens (tertiary/aromatic N) is 1. The van der Waals surface area contributed by atoms with Gasteiger partial charge in [-0.1, -0.05) is 25.5 Å². The van der Waals surface area contributed by atoms with Crippen LogP contribution in [0.25, 0.3) is 0 Å². The molecule has 4 nitrogen and oxygen atoms in total. The van der Waals surface area contributed by atoms with E-state index in [0.29, 0.717) is 12.5 Å². The highest BCUT2D eigenvalue weighted by Crippen LogP contribution is 2.18. The topological polar surface area (TPSA) is 45.7 Å². The summed E-state index contributed by atoms with van der Waals surface area (Å²) in [5.41, 5.74) is 0.929. The molecule has 132 valence electrons. The van der Waals surface area contributed by atoms with Gasteiger partial charge in [-0.2, -0.15) is 13.2 Å². The average Bonchev–Trinajstić information content (AvgIpc) is 2.49. The maximum absolute atomic E-state index is 12.0. The van der Waals surface area contributed by atoms with Gasteiger partial charge in [-0.15, -0.1) is 24.0 Å². The highest BCUT2D eigenvalue weighted by molar-refractivity contribution is 14.0. The molecular weight excluding hydrogens is 422 g/mol. The number of unbranched alkanes of at least 4 members (excludes halogenated alkanes) is 1. The molecule has 0 aromatic heterocycles. The van der Waals surface area contributed by atoms with E-state index in [4.69, 9.17) is 0 Å². The Morgan fingerprint density at radius 3 is 2.35 bits per heavy atom. The molecule has 1 aromatic rings. The summed E-state index contributed by atoms with van der Waals surface area (Å²) in [6.07, 6.45) is -2.16. The molecule has 0 aliphatic carbocycles. The zero-order valence-corrected chi connectivity index (χ0v) is 15.6. The molecule has 0 heterocycles. The summed E-state index contributed by atoms with van der Waals surface area (Å²) < 4.78 is 40.8. The van der Waals surface area contributed by atoms with Gasteiger partial charge in [0.05, 0.1) is 0 Å². The Labute approximate surface area is 151 Å². The van der Waals surface area contributed by atoms with Crippen LogP contribution in [0.2, 0.25) is 0 Å². The first kappa shape index (κ1) is 21.8. The van der Waals surface area contributed by atoms with Crippen LogP contribution in [0.1, 0.15) is 25.3 Å². The Morgan fingerprint density at radius 1 is 1.17 bits per heavy atom. The number of halogens is 4. The number of ether oxygens (including phenoxy) is 1. The fraction of sp³-hybridized carbons (Fsp3) is 0.533. The number of benzene rings is 1. The molecule has 0 radical (unpaired) electrons. The Balaban J connectivity index is 0.00000484. The minimum atomic E-state index is -4.32. The van der Waals surface area contributed by atoms with Crippen LogP contribution in [0.15, 0.2) is 29.3 Å². The Hall–Kier alpha value is -1.19. The zero-order chi connectivity index (χ0) is 16.4. The number of rotatable bonds is 7. The first-order chi connectivity index (χ1) is 10.4. The minimum absolute atomic E-state index is 0. The molecule has 0 saturated heterocycles. The average molecular weight is 445 g/mol. The van der Waals surface area contributed by atoms with Crippen molar-refractivity contribution in [1.82, 2.24) is 10.6 Å². The van der Waals surface area contributed by atoms with Crippen molar-refractivity contribution in [2.75, 3.05) is 20.2 Å². The van der Waals surface area contributed by atoms with Crippen molar-refractivity contribution in [3.8, 4) is 5.75 Å². The van der Waals surface area contributed by atoms with E-state index in [9.17, 15) is 13.2 Å². The van der Waals surface area contributed by atoms with Crippen molar-refractivity contribution in [3.63, 3.8) is 0 Å². The summed E-state index contributed by atoms with van der Waals surface area (Å²) in [5.74, 6) is 0.900. The molecule has 1 aromatic carbocycles. The second-order valence-electron chi connectivity index (χ2n) is 4.75. The van der Waals surface area contributed by atoms with Gasteiger partial charge in [0.2, 0.25) is 0 Å². The van der Waals surface area contributed by atoms with E-state index in [1.807, 2.05) is 0 Å². The van der Waals surface area contributed by atoms with Crippen molar-refractivity contribution in [1.29, 1.82) is 0 Å². The molecule has 0 saturated carbocycles. The third kappa shape index (κ3) is 10.2. The van der Waals surface area contributed by atoms with Gasteiger partial charge < -0.3 is 15.4 Å². The van der Waals surface area contributed by atoms with Crippen LogP contribution >= 0.6 is 24.0 Å². The smallest absolute Gasteiger partial charge is 0.422 e. The predicted octanol–water partition coefficient (Wildman–Crippen LogP) is 3.71. The summed E-state index contributed by atoms with van der Waals surface area (Å²) in [6.45, 7) is 2.21. The first-order valence-corrected chi connectivity index (χ1v) is 7.17. The normalized spacial score (nSPS) is 11.6. The second-order valence-corrected chi connectivity index (χ2v) is 4.75. The Bertz CT molecular complexity index is 464. The number of hydrogen-bond donors (Lipinski definition) is 2. The molecule has 0 amide bonds. The zero-order valence-electron chi connectivity index (χ0n) is 13.2. The van der Waals surface area contributed by atoms with Crippen LogP contribution in [0.4, 0.5) is 13.2 Å². The number of nitrogens with one attached hydrogen (secondary N) is 2. The molecule has 0 bridgehead atoms. The maximum Gasteiger partial charge on any atom is 0.422 e. The summed E-state index contributed by atoms with van der Waals surface area (Å²) in [7, 11) is 1.69. The Kier molecular flexibility index (Phi) is 10.8. The fourth-order valence-corrected chi connectivity index (χ4v) is 1.66. The molecule has 0 aliphatic heterocycles. The van der Waals surface area contributed by atoms with Gasteiger partial charge in [-0.25, -0.2) is 0 Å². The quantitative estimate of drug-likeness (QED) is 0.291. The van der Waals surface area contributed by atoms with E-state index in [2.05, 4.69) is 27.3 Å². The lowest BCUT2D eigenvalue weighted by Crippen LogP contribution is -2.37. The molecule has 2 N–H and O–H groups in total. The molecule has 0 atom stereocenters. The van der Waals surface area contributed by atoms with Crippen LogP contribution in [0, 0.1) is 0 Å². The standard InChI is InChI=1S/C15H22F3N3O.HI/c1-3-4-9-20-14(19-2)21-10-12-5-7-13(8-6-12)22-11-15(16,17)18;/h5-8H,3-4,9-11H2,1-2H3,(H2,19,20,21);1H. The lowest BCUT2D eigenvalue weighted by Gasteiger charge is -2.12. The van der Waals surface area contributed by atoms with Gasteiger partial charge >= 0.3 is 6.18 Å². The molecule has 8 heteroatoms. The molecule has 0 unspecified atom stereocenters. The molecule has 1 rings (SSSR count). The first-order valence-electron chi connectivity index (χ1n) is 7.17. The van der Waals surface area contributed by atoms with Crippen molar-refractivity contribution < 1.29 is 17.9 Å². The van der Waals surface area contributed by atoms with E-state index in [0.717, 1.165) is 24.9 Å². The van der Waals surface area contributed by atoms with Gasteiger partial charge in [-0.3, -0.25) is 4.99 Å². The largest absolute Gasteiger partial charge is 0.484 e. The van der Waals surface area contributed by atoms with Crippen LogP contribution in [0.3, 0.4) is 0 Å². The molecular formula is C15H23F3IN3O. The van der Waals surface area contributed by atoms with Crippen LogP contribution < -0.4 is 15.4 Å². The van der Waals surface area contributed by atoms with Crippen molar-refractivity contribution in [3.05, 3.63) is 29.8 Å². The highest BCUT2D eigenvalue weighted by Gasteiger charge is 2.28. The summed E-state index contributed by atoms with van der Waals surface area (Å²) in [6, 6.07) is 6.49. The third-order valence-electron chi connectivity index (χ3n) is 2.83. The van der Waals surface area contributed by atoms with Gasteiger partial charge in [0.25, 0.3) is 0 Å². The summed E-state index contributed by atoms with van der Waals surface area (Å²) >= 11 is 0. The van der Waals surface area contributed by atoms with E-state index in [1.165, 1.54) is 12.1 Å². The molecule has 0 spiro atoms. The summed E-state index contributed by atoms with van der Waals surface area (Å²) in [5, 5.41) is 6.32. The monoisotopic (exact) mass is 445 g/mol. The molecule has 23 heavy (non-hydrogen) atoms. The number of guanidine groups is 1. The lowest BCUT2D eigenvalue weighted by atomic mass is 10.2. The number of alkyl halides is 3. The van der Waals surface area contributed by atoms with Gasteiger partial charge in [0.1, 0.15) is 5.75 Å². The highest BCUT2D eigenvalue weighted by atomic mass is 127. The fourth-order valence-electron chi connectivity index (χ4n) is 1.66. The predicted molar refractivity (Wildman–Crippen MR) is 96.5 cm³/mol. The van der Waals surface area contributed by atoms with Crippen LogP contribution in [-0.4, -0.2) is 32.3 Å². The van der Waals surface area contributed by atoms with Crippen molar-refractivity contribution in [2.24, 2.45) is 4.99 Å². The Morgan fingerprint density at radius 2 is 1.83 bits per heavy atom. The number of aliphatic imine (C=N–C) groups is 1. The SMILES string of the molecule is CCCCNC(=NC)NCc1ccc(OCC(F)(F)F)cc1.I. The van der Waals surface area contributed by atoms with E-state index >= 15 is 0 Å². The van der Waals surface area contributed by atoms with E-state index < -0.39 is 12.8 Å². The third-order valence-corrected chi connectivity index (χ3v) is 2.83. The van der Waals surface area contributed by atoms with Gasteiger partial charge in [0.15, 0.2) is 12.6 Å². The van der Waals surface area contributed by atoms with E-state index in [1.54, 1.807) is 19.2 Å². The minimum Gasteiger partial charge on any atom is -0.484 e. The van der Waals surface area contributed by atoms with E-state index in [-0.39, 0.29) is 29.7 Å².